The van der Waals surface area contributed by atoms with E-state index in [0.29, 0.717) is 27.9 Å². The first kappa shape index (κ1) is 21.8. The van der Waals surface area contributed by atoms with Gasteiger partial charge in [-0.25, -0.2) is 4.79 Å². The number of aromatic hydroxyl groups is 2. The van der Waals surface area contributed by atoms with Gasteiger partial charge in [0.1, 0.15) is 0 Å². The van der Waals surface area contributed by atoms with E-state index in [9.17, 15) is 19.8 Å². The smallest absolute Gasteiger partial charge is 0.331 e. The molecule has 0 spiro atoms. The number of aryl methyl sites for hydroxylation is 2. The van der Waals surface area contributed by atoms with Crippen molar-refractivity contribution in [3.8, 4) is 28.4 Å². The Morgan fingerprint density at radius 1 is 0.861 bits per heavy atom. The number of hydrogen-bond donors (Lipinski definition) is 3. The van der Waals surface area contributed by atoms with Gasteiger partial charge in [-0.2, -0.15) is 0 Å². The first-order valence-corrected chi connectivity index (χ1v) is 11.6. The average Bonchev–Trinajstić information content (AvgIpc) is 3.24. The van der Waals surface area contributed by atoms with Crippen LogP contribution in [0.25, 0.3) is 27.8 Å². The van der Waals surface area contributed by atoms with Crippen LogP contribution in [0.5, 0.6) is 11.5 Å². The second-order valence-electron chi connectivity index (χ2n) is 9.12. The van der Waals surface area contributed by atoms with Gasteiger partial charge in [-0.3, -0.25) is 13.9 Å². The highest BCUT2D eigenvalue weighted by Gasteiger charge is 2.36. The molecule has 1 aliphatic rings. The number of fused-ring (bicyclic) bond motifs is 5. The highest BCUT2D eigenvalue weighted by Crippen LogP contribution is 2.48. The molecule has 2 aromatic heterocycles. The zero-order valence-corrected chi connectivity index (χ0v) is 20.0. The van der Waals surface area contributed by atoms with Gasteiger partial charge < -0.3 is 20.1 Å². The maximum Gasteiger partial charge on any atom is 0.331 e. The summed E-state index contributed by atoms with van der Waals surface area (Å²) in [6.45, 7) is 1.99. The SMILES string of the molecule is Cc1ccccc1-c1c2c(=O)n(C)c(=O)n(C)c2c2n1-c1ccccc1NC2c1cccc(O)c1O. The van der Waals surface area contributed by atoms with Crippen LogP contribution in [0.15, 0.2) is 76.3 Å². The number of nitrogens with one attached hydrogen (secondary N) is 1. The Hall–Kier alpha value is -4.72. The lowest BCUT2D eigenvalue weighted by Gasteiger charge is -2.31. The lowest BCUT2D eigenvalue weighted by Crippen LogP contribution is -2.37. The fourth-order valence-electron chi connectivity index (χ4n) is 5.33. The summed E-state index contributed by atoms with van der Waals surface area (Å²) >= 11 is 0. The fraction of sp³-hybridized carbons (Fsp3) is 0.143. The molecule has 8 heteroatoms. The van der Waals surface area contributed by atoms with Crippen LogP contribution in [0.4, 0.5) is 5.69 Å². The standard InChI is InChI=1S/C28H24N4O4/c1-15-9-4-5-10-16(15)23-21-24(30(2)28(36)31(3)27(21)35)25-22(17-11-8-14-20(33)26(17)34)29-18-12-6-7-13-19(18)32(23)25/h4-14,22,29,33-34H,1-3H3. The van der Waals surface area contributed by atoms with Gasteiger partial charge in [0, 0.05) is 25.2 Å². The lowest BCUT2D eigenvalue weighted by atomic mass is 9.98. The van der Waals surface area contributed by atoms with Crippen molar-refractivity contribution in [2.45, 2.75) is 13.0 Å². The molecule has 1 unspecified atom stereocenters. The van der Waals surface area contributed by atoms with Crippen LogP contribution < -0.4 is 16.6 Å². The molecule has 180 valence electrons. The molecule has 8 nitrogen and oxygen atoms in total. The van der Waals surface area contributed by atoms with Crippen molar-refractivity contribution in [3.05, 3.63) is 104 Å². The zero-order valence-electron chi connectivity index (χ0n) is 20.0. The summed E-state index contributed by atoms with van der Waals surface area (Å²) in [7, 11) is 3.12. The average molecular weight is 481 g/mol. The second kappa shape index (κ2) is 7.64. The molecule has 0 saturated heterocycles. The predicted molar refractivity (Wildman–Crippen MR) is 139 cm³/mol. The third-order valence-electron chi connectivity index (χ3n) is 7.08. The van der Waals surface area contributed by atoms with Crippen LogP contribution in [0, 0.1) is 6.92 Å². The van der Waals surface area contributed by atoms with Gasteiger partial charge >= 0.3 is 5.69 Å². The lowest BCUT2D eigenvalue weighted by molar-refractivity contribution is 0.398. The largest absolute Gasteiger partial charge is 0.504 e. The predicted octanol–water partition coefficient (Wildman–Crippen LogP) is 3.93. The van der Waals surface area contributed by atoms with Gasteiger partial charge in [-0.05, 0) is 30.7 Å². The van der Waals surface area contributed by atoms with Crippen molar-refractivity contribution in [2.75, 3.05) is 5.32 Å². The molecule has 6 rings (SSSR count). The Kier molecular flexibility index (Phi) is 4.63. The number of hydrogen-bond acceptors (Lipinski definition) is 5. The second-order valence-corrected chi connectivity index (χ2v) is 9.12. The fourth-order valence-corrected chi connectivity index (χ4v) is 5.33. The van der Waals surface area contributed by atoms with Crippen molar-refractivity contribution < 1.29 is 10.2 Å². The van der Waals surface area contributed by atoms with E-state index < -0.39 is 17.3 Å². The molecule has 5 aromatic rings. The van der Waals surface area contributed by atoms with Crippen molar-refractivity contribution >= 4 is 16.6 Å². The third kappa shape index (κ3) is 2.81. The summed E-state index contributed by atoms with van der Waals surface area (Å²) < 4.78 is 4.61. The normalized spacial score (nSPS) is 14.4. The molecule has 0 saturated carbocycles. The van der Waals surface area contributed by atoms with E-state index in [-0.39, 0.29) is 11.5 Å². The molecule has 0 aliphatic carbocycles. The quantitative estimate of drug-likeness (QED) is 0.333. The number of anilines is 1. The summed E-state index contributed by atoms with van der Waals surface area (Å²) in [5.41, 5.74) is 4.78. The molecule has 0 fully saturated rings. The molecule has 36 heavy (non-hydrogen) atoms. The van der Waals surface area contributed by atoms with E-state index in [4.69, 9.17) is 0 Å². The van der Waals surface area contributed by atoms with Crippen LogP contribution in [-0.4, -0.2) is 23.9 Å². The van der Waals surface area contributed by atoms with Crippen molar-refractivity contribution in [3.63, 3.8) is 0 Å². The number of phenolic OH excluding ortho intramolecular Hbond substituents is 2. The minimum Gasteiger partial charge on any atom is -0.504 e. The van der Waals surface area contributed by atoms with Gasteiger partial charge in [0.15, 0.2) is 11.5 Å². The van der Waals surface area contributed by atoms with Gasteiger partial charge in [-0.1, -0.05) is 48.5 Å². The van der Waals surface area contributed by atoms with E-state index in [1.807, 2.05) is 60.0 Å². The Bertz CT molecular complexity index is 1830. The summed E-state index contributed by atoms with van der Waals surface area (Å²) in [6, 6.07) is 19.6. The molecule has 0 bridgehead atoms. The van der Waals surface area contributed by atoms with Crippen LogP contribution in [-0.2, 0) is 14.1 Å². The van der Waals surface area contributed by atoms with Gasteiger partial charge in [-0.15, -0.1) is 0 Å². The van der Waals surface area contributed by atoms with Gasteiger partial charge in [0.05, 0.1) is 39.7 Å². The third-order valence-corrected chi connectivity index (χ3v) is 7.08. The topological polar surface area (TPSA) is 101 Å². The van der Waals surface area contributed by atoms with Gasteiger partial charge in [0.2, 0.25) is 0 Å². The first-order valence-electron chi connectivity index (χ1n) is 11.6. The molecular weight excluding hydrogens is 456 g/mol. The molecule has 3 aromatic carbocycles. The number of rotatable bonds is 2. The summed E-state index contributed by atoms with van der Waals surface area (Å²) in [4.78, 5) is 26.8. The number of phenols is 2. The molecular formula is C28H24N4O4. The summed E-state index contributed by atoms with van der Waals surface area (Å²) in [6.07, 6.45) is 0. The molecule has 1 aliphatic heterocycles. The maximum atomic E-state index is 13.7. The highest BCUT2D eigenvalue weighted by molar-refractivity contribution is 6.00. The number of nitrogens with zero attached hydrogens (tertiary/aromatic N) is 3. The van der Waals surface area contributed by atoms with E-state index in [1.165, 1.54) is 17.7 Å². The van der Waals surface area contributed by atoms with Crippen molar-refractivity contribution in [2.24, 2.45) is 14.1 Å². The van der Waals surface area contributed by atoms with E-state index in [0.717, 1.165) is 27.1 Å². The highest BCUT2D eigenvalue weighted by atomic mass is 16.3. The molecule has 1 atom stereocenters. The Balaban J connectivity index is 1.90. The Morgan fingerprint density at radius 3 is 2.36 bits per heavy atom. The van der Waals surface area contributed by atoms with E-state index in [2.05, 4.69) is 5.32 Å². The zero-order chi connectivity index (χ0) is 25.3. The van der Waals surface area contributed by atoms with Crippen LogP contribution in [0.2, 0.25) is 0 Å². The summed E-state index contributed by atoms with van der Waals surface area (Å²) in [5, 5.41) is 25.0. The molecule has 0 radical (unpaired) electrons. The van der Waals surface area contributed by atoms with Crippen LogP contribution in [0.3, 0.4) is 0 Å². The Morgan fingerprint density at radius 2 is 1.58 bits per heavy atom. The molecule has 0 amide bonds. The van der Waals surface area contributed by atoms with Gasteiger partial charge in [0.25, 0.3) is 5.56 Å². The Labute approximate surface area is 205 Å². The monoisotopic (exact) mass is 480 g/mol. The van der Waals surface area contributed by atoms with Crippen molar-refractivity contribution in [1.29, 1.82) is 0 Å². The number of para-hydroxylation sites is 3. The molecule has 3 N–H and O–H groups in total. The summed E-state index contributed by atoms with van der Waals surface area (Å²) in [5.74, 6) is -0.513. The van der Waals surface area contributed by atoms with Crippen LogP contribution >= 0.6 is 0 Å². The van der Waals surface area contributed by atoms with Crippen molar-refractivity contribution in [1.82, 2.24) is 13.7 Å². The van der Waals surface area contributed by atoms with Crippen LogP contribution in [0.1, 0.15) is 22.9 Å². The van der Waals surface area contributed by atoms with E-state index >= 15 is 0 Å². The minimum atomic E-state index is -0.662. The molecule has 3 heterocycles. The first-order chi connectivity index (χ1) is 17.3. The maximum absolute atomic E-state index is 13.7. The minimum absolute atomic E-state index is 0.250. The number of benzene rings is 3. The number of aromatic nitrogens is 3. The van der Waals surface area contributed by atoms with E-state index in [1.54, 1.807) is 19.2 Å².